The first-order valence-electron chi connectivity index (χ1n) is 6.64. The van der Waals surface area contributed by atoms with E-state index in [1.165, 1.54) is 18.2 Å². The summed E-state index contributed by atoms with van der Waals surface area (Å²) >= 11 is 5.76. The van der Waals surface area contributed by atoms with Gasteiger partial charge in [-0.1, -0.05) is 11.6 Å². The van der Waals surface area contributed by atoms with E-state index in [0.717, 1.165) is 19.3 Å². The molecule has 0 aromatic heterocycles. The number of anilines is 1. The topological polar surface area (TPSA) is 87.7 Å². The maximum absolute atomic E-state index is 12.0. The minimum absolute atomic E-state index is 0.0000815. The predicted octanol–water partition coefficient (Wildman–Crippen LogP) is 2.73. The van der Waals surface area contributed by atoms with Gasteiger partial charge < -0.3 is 20.5 Å². The Labute approximate surface area is 127 Å². The molecule has 2 atom stereocenters. The Hall–Kier alpha value is -1.79. The zero-order valence-electron chi connectivity index (χ0n) is 11.6. The average Bonchev–Trinajstić information content (AvgIpc) is 2.87. The zero-order valence-corrected chi connectivity index (χ0v) is 12.3. The third-order valence-electron chi connectivity index (χ3n) is 3.53. The molecular weight excluding hydrogens is 296 g/mol. The van der Waals surface area contributed by atoms with Gasteiger partial charge in [-0.25, -0.2) is 9.59 Å². The lowest BCUT2D eigenvalue weighted by atomic mass is 10.2. The number of rotatable bonds is 4. The van der Waals surface area contributed by atoms with Gasteiger partial charge in [0.15, 0.2) is 0 Å². The van der Waals surface area contributed by atoms with Crippen LogP contribution in [-0.2, 0) is 4.74 Å². The SMILES string of the molecule is COC1CCCC1NC(=O)Nc1ccc(Cl)cc1C(=O)O. The molecule has 1 aliphatic rings. The van der Waals surface area contributed by atoms with E-state index in [1.807, 2.05) is 0 Å². The standard InChI is InChI=1S/C14H17ClN2O4/c1-21-12-4-2-3-11(12)17-14(20)16-10-6-5-8(15)7-9(10)13(18)19/h5-7,11-12H,2-4H2,1H3,(H,18,19)(H2,16,17,20). The quantitative estimate of drug-likeness (QED) is 0.797. The Bertz CT molecular complexity index is 550. The van der Waals surface area contributed by atoms with Crippen LogP contribution in [-0.4, -0.2) is 36.4 Å². The number of carboxylic acid groups (broad SMARTS) is 1. The molecule has 1 aromatic carbocycles. The Morgan fingerprint density at radius 2 is 2.14 bits per heavy atom. The number of carbonyl (C=O) groups excluding carboxylic acids is 1. The van der Waals surface area contributed by atoms with Crippen LogP contribution in [0.3, 0.4) is 0 Å². The van der Waals surface area contributed by atoms with Gasteiger partial charge in [-0.15, -0.1) is 0 Å². The molecule has 0 radical (unpaired) electrons. The monoisotopic (exact) mass is 312 g/mol. The second-order valence-corrected chi connectivity index (χ2v) is 5.34. The van der Waals surface area contributed by atoms with Crippen LogP contribution in [0.4, 0.5) is 10.5 Å². The number of amides is 2. The number of methoxy groups -OCH3 is 1. The van der Waals surface area contributed by atoms with Crippen molar-refractivity contribution in [1.82, 2.24) is 5.32 Å². The van der Waals surface area contributed by atoms with Crippen LogP contribution >= 0.6 is 11.6 Å². The fourth-order valence-electron chi connectivity index (χ4n) is 2.50. The van der Waals surface area contributed by atoms with Gasteiger partial charge in [0.1, 0.15) is 0 Å². The number of urea groups is 1. The molecule has 1 fully saturated rings. The molecule has 7 heteroatoms. The summed E-state index contributed by atoms with van der Waals surface area (Å²) in [5, 5.41) is 14.8. The van der Waals surface area contributed by atoms with Crippen molar-refractivity contribution >= 4 is 29.3 Å². The normalized spacial score (nSPS) is 21.0. The molecular formula is C14H17ClN2O4. The lowest BCUT2D eigenvalue weighted by Crippen LogP contribution is -2.43. The highest BCUT2D eigenvalue weighted by Crippen LogP contribution is 2.23. The molecule has 0 aliphatic heterocycles. The molecule has 1 aromatic rings. The van der Waals surface area contributed by atoms with Crippen LogP contribution in [0.1, 0.15) is 29.6 Å². The van der Waals surface area contributed by atoms with Gasteiger partial charge in [0, 0.05) is 12.1 Å². The van der Waals surface area contributed by atoms with E-state index >= 15 is 0 Å². The molecule has 6 nitrogen and oxygen atoms in total. The van der Waals surface area contributed by atoms with E-state index in [-0.39, 0.29) is 23.4 Å². The number of halogens is 1. The van der Waals surface area contributed by atoms with E-state index in [0.29, 0.717) is 5.02 Å². The fourth-order valence-corrected chi connectivity index (χ4v) is 2.67. The first-order valence-corrected chi connectivity index (χ1v) is 7.02. The molecule has 21 heavy (non-hydrogen) atoms. The molecule has 2 rings (SSSR count). The highest BCUT2D eigenvalue weighted by molar-refractivity contribution is 6.31. The number of carboxylic acids is 1. The molecule has 1 aliphatic carbocycles. The minimum Gasteiger partial charge on any atom is -0.478 e. The fraction of sp³-hybridized carbons (Fsp3) is 0.429. The molecule has 0 bridgehead atoms. The van der Waals surface area contributed by atoms with E-state index in [4.69, 9.17) is 21.4 Å². The Kier molecular flexibility index (Phi) is 5.03. The van der Waals surface area contributed by atoms with Crippen LogP contribution in [0.15, 0.2) is 18.2 Å². The van der Waals surface area contributed by atoms with E-state index in [9.17, 15) is 9.59 Å². The summed E-state index contributed by atoms with van der Waals surface area (Å²) in [6.45, 7) is 0. The summed E-state index contributed by atoms with van der Waals surface area (Å²) in [4.78, 5) is 23.1. The smallest absolute Gasteiger partial charge is 0.337 e. The highest BCUT2D eigenvalue weighted by atomic mass is 35.5. The van der Waals surface area contributed by atoms with E-state index in [2.05, 4.69) is 10.6 Å². The second kappa shape index (κ2) is 6.78. The summed E-state index contributed by atoms with van der Waals surface area (Å²) in [6.07, 6.45) is 2.74. The van der Waals surface area contributed by atoms with Gasteiger partial charge in [-0.3, -0.25) is 0 Å². The zero-order chi connectivity index (χ0) is 15.4. The molecule has 0 spiro atoms. The summed E-state index contributed by atoms with van der Waals surface area (Å²) in [5.74, 6) is -1.15. The number of hydrogen-bond donors (Lipinski definition) is 3. The molecule has 1 saturated carbocycles. The number of aromatic carboxylic acids is 1. The van der Waals surface area contributed by atoms with Crippen LogP contribution < -0.4 is 10.6 Å². The van der Waals surface area contributed by atoms with Gasteiger partial charge in [0.25, 0.3) is 0 Å². The lowest BCUT2D eigenvalue weighted by molar-refractivity contribution is 0.0698. The number of ether oxygens (including phenoxy) is 1. The average molecular weight is 313 g/mol. The number of benzene rings is 1. The van der Waals surface area contributed by atoms with Crippen molar-refractivity contribution in [3.8, 4) is 0 Å². The number of carbonyl (C=O) groups is 2. The third kappa shape index (κ3) is 3.86. The van der Waals surface area contributed by atoms with Crippen molar-refractivity contribution in [2.24, 2.45) is 0 Å². The van der Waals surface area contributed by atoms with Crippen LogP contribution in [0.5, 0.6) is 0 Å². The number of nitrogens with one attached hydrogen (secondary N) is 2. The van der Waals surface area contributed by atoms with Gasteiger partial charge in [0.05, 0.1) is 23.4 Å². The maximum Gasteiger partial charge on any atom is 0.337 e. The summed E-state index contributed by atoms with van der Waals surface area (Å²) in [5.41, 5.74) is 0.156. The van der Waals surface area contributed by atoms with Gasteiger partial charge in [0.2, 0.25) is 0 Å². The van der Waals surface area contributed by atoms with E-state index < -0.39 is 12.0 Å². The van der Waals surface area contributed by atoms with Crippen LogP contribution in [0.25, 0.3) is 0 Å². The Morgan fingerprint density at radius 3 is 2.81 bits per heavy atom. The van der Waals surface area contributed by atoms with Crippen LogP contribution in [0.2, 0.25) is 5.02 Å². The van der Waals surface area contributed by atoms with E-state index in [1.54, 1.807) is 7.11 Å². The molecule has 3 N–H and O–H groups in total. The van der Waals surface area contributed by atoms with Crippen molar-refractivity contribution in [3.63, 3.8) is 0 Å². The first kappa shape index (κ1) is 15.6. The molecule has 0 saturated heterocycles. The third-order valence-corrected chi connectivity index (χ3v) is 3.77. The molecule has 114 valence electrons. The Morgan fingerprint density at radius 1 is 1.38 bits per heavy atom. The first-order chi connectivity index (χ1) is 10.0. The Balaban J connectivity index is 2.04. The van der Waals surface area contributed by atoms with Gasteiger partial charge >= 0.3 is 12.0 Å². The minimum atomic E-state index is -1.15. The van der Waals surface area contributed by atoms with Crippen LogP contribution in [0, 0.1) is 0 Å². The van der Waals surface area contributed by atoms with Crippen molar-refractivity contribution in [3.05, 3.63) is 28.8 Å². The van der Waals surface area contributed by atoms with Crippen molar-refractivity contribution in [1.29, 1.82) is 0 Å². The second-order valence-electron chi connectivity index (χ2n) is 4.91. The predicted molar refractivity (Wildman–Crippen MR) is 79.0 cm³/mol. The summed E-state index contributed by atoms with van der Waals surface area (Å²) < 4.78 is 5.30. The van der Waals surface area contributed by atoms with Crippen molar-refractivity contribution < 1.29 is 19.4 Å². The highest BCUT2D eigenvalue weighted by Gasteiger charge is 2.28. The van der Waals surface area contributed by atoms with Crippen molar-refractivity contribution in [2.45, 2.75) is 31.4 Å². The molecule has 0 heterocycles. The van der Waals surface area contributed by atoms with Gasteiger partial charge in [-0.2, -0.15) is 0 Å². The molecule has 2 amide bonds. The van der Waals surface area contributed by atoms with Crippen molar-refractivity contribution in [2.75, 3.05) is 12.4 Å². The summed E-state index contributed by atoms with van der Waals surface area (Å²) in [7, 11) is 1.62. The van der Waals surface area contributed by atoms with Gasteiger partial charge in [-0.05, 0) is 37.5 Å². The largest absolute Gasteiger partial charge is 0.478 e. The number of hydrogen-bond acceptors (Lipinski definition) is 3. The summed E-state index contributed by atoms with van der Waals surface area (Å²) in [6, 6.07) is 3.78. The molecule has 2 unspecified atom stereocenters. The lowest BCUT2D eigenvalue weighted by Gasteiger charge is -2.20. The maximum atomic E-state index is 12.0.